The van der Waals surface area contributed by atoms with Crippen LogP contribution < -0.4 is 5.32 Å². The summed E-state index contributed by atoms with van der Waals surface area (Å²) in [4.78, 5) is 7.63. The molecule has 3 nitrogen and oxygen atoms in total. The summed E-state index contributed by atoms with van der Waals surface area (Å²) in [6.45, 7) is 6.81. The lowest BCUT2D eigenvalue weighted by Crippen LogP contribution is -2.34. The van der Waals surface area contributed by atoms with E-state index in [9.17, 15) is 0 Å². The Hall–Kier alpha value is -1.32. The molecule has 112 valence electrons. The Morgan fingerprint density at radius 2 is 2.29 bits per heavy atom. The highest BCUT2D eigenvalue weighted by atomic mass is 35.5. The number of fused-ring (bicyclic) bond motifs is 1. The number of hydrogen-bond acceptors (Lipinski definition) is 2. The second-order valence-corrected chi connectivity index (χ2v) is 6.98. The zero-order valence-electron chi connectivity index (χ0n) is 12.8. The van der Waals surface area contributed by atoms with Crippen molar-refractivity contribution in [3.05, 3.63) is 52.6 Å². The highest BCUT2D eigenvalue weighted by molar-refractivity contribution is 6.30. The van der Waals surface area contributed by atoms with E-state index < -0.39 is 0 Å². The van der Waals surface area contributed by atoms with Gasteiger partial charge in [-0.25, -0.2) is 4.98 Å². The molecular formula is C17H22ClN3. The van der Waals surface area contributed by atoms with Crippen molar-refractivity contribution in [2.45, 2.75) is 45.7 Å². The van der Waals surface area contributed by atoms with Crippen molar-refractivity contribution in [2.24, 2.45) is 5.41 Å². The zero-order chi connectivity index (χ0) is 15.0. The molecule has 1 aliphatic carbocycles. The van der Waals surface area contributed by atoms with E-state index in [-0.39, 0.29) is 11.5 Å². The molecule has 0 bridgehead atoms. The van der Waals surface area contributed by atoms with Crippen LogP contribution in [0, 0.1) is 5.41 Å². The summed E-state index contributed by atoms with van der Waals surface area (Å²) >= 11 is 6.21. The van der Waals surface area contributed by atoms with Crippen LogP contribution in [-0.2, 0) is 6.42 Å². The molecular weight excluding hydrogens is 282 g/mol. The minimum Gasteiger partial charge on any atom is -0.347 e. The average Bonchev–Trinajstić information content (AvgIpc) is 3.02. The van der Waals surface area contributed by atoms with Gasteiger partial charge < -0.3 is 4.98 Å². The van der Waals surface area contributed by atoms with Gasteiger partial charge in [0.1, 0.15) is 5.82 Å². The number of halogens is 1. The smallest absolute Gasteiger partial charge is 0.123 e. The highest BCUT2D eigenvalue weighted by Crippen LogP contribution is 2.46. The average molecular weight is 304 g/mol. The maximum absolute atomic E-state index is 6.21. The van der Waals surface area contributed by atoms with Gasteiger partial charge in [0, 0.05) is 23.5 Å². The van der Waals surface area contributed by atoms with Gasteiger partial charge in [-0.05, 0) is 41.5 Å². The second kappa shape index (κ2) is 5.47. The molecule has 1 heterocycles. The van der Waals surface area contributed by atoms with Gasteiger partial charge in [-0.1, -0.05) is 38.4 Å². The van der Waals surface area contributed by atoms with Crippen LogP contribution in [0.15, 0.2) is 30.6 Å². The molecule has 0 saturated carbocycles. The Morgan fingerprint density at radius 3 is 2.95 bits per heavy atom. The van der Waals surface area contributed by atoms with Gasteiger partial charge in [0.15, 0.2) is 0 Å². The minimum atomic E-state index is 0.174. The van der Waals surface area contributed by atoms with Crippen LogP contribution in [-0.4, -0.2) is 9.97 Å². The van der Waals surface area contributed by atoms with Gasteiger partial charge in [0.05, 0.1) is 6.04 Å². The Bertz CT molecular complexity index is 619. The number of H-pyrrole nitrogens is 1. The Kier molecular flexibility index (Phi) is 3.80. The molecule has 1 aromatic heterocycles. The third-order valence-electron chi connectivity index (χ3n) is 4.47. The lowest BCUT2D eigenvalue weighted by molar-refractivity contribution is 0.243. The molecule has 4 heteroatoms. The molecule has 0 saturated heterocycles. The maximum atomic E-state index is 6.21. The molecule has 0 amide bonds. The number of imidazole rings is 1. The van der Waals surface area contributed by atoms with Gasteiger partial charge in [0.2, 0.25) is 0 Å². The van der Waals surface area contributed by atoms with E-state index in [0.29, 0.717) is 6.04 Å². The van der Waals surface area contributed by atoms with Crippen molar-refractivity contribution in [3.8, 4) is 0 Å². The summed E-state index contributed by atoms with van der Waals surface area (Å²) < 4.78 is 0. The van der Waals surface area contributed by atoms with E-state index in [2.05, 4.69) is 48.2 Å². The molecule has 1 aromatic carbocycles. The van der Waals surface area contributed by atoms with Gasteiger partial charge in [-0.15, -0.1) is 0 Å². The molecule has 0 radical (unpaired) electrons. The van der Waals surface area contributed by atoms with E-state index in [4.69, 9.17) is 11.6 Å². The van der Waals surface area contributed by atoms with Crippen molar-refractivity contribution in [1.29, 1.82) is 0 Å². The number of rotatable bonds is 4. The van der Waals surface area contributed by atoms with Crippen LogP contribution >= 0.6 is 11.6 Å². The van der Waals surface area contributed by atoms with Crippen LogP contribution in [0.2, 0.25) is 5.02 Å². The van der Waals surface area contributed by atoms with E-state index in [1.54, 1.807) is 0 Å². The zero-order valence-corrected chi connectivity index (χ0v) is 13.5. The standard InChI is InChI=1S/C17H22ClN3/c1-4-14(16-19-7-8-20-16)21-15-13-9-12(18)6-5-11(13)10-17(15,2)3/h5-9,14-15,21H,4,10H2,1-3H3,(H,19,20). The number of nitrogens with zero attached hydrogens (tertiary/aromatic N) is 1. The lowest BCUT2D eigenvalue weighted by Gasteiger charge is -2.32. The third-order valence-corrected chi connectivity index (χ3v) is 4.71. The molecule has 1 aliphatic rings. The van der Waals surface area contributed by atoms with Crippen LogP contribution in [0.1, 0.15) is 56.2 Å². The normalized spacial score (nSPS) is 21.2. The van der Waals surface area contributed by atoms with Crippen molar-refractivity contribution in [1.82, 2.24) is 15.3 Å². The molecule has 21 heavy (non-hydrogen) atoms. The highest BCUT2D eigenvalue weighted by Gasteiger charge is 2.40. The van der Waals surface area contributed by atoms with E-state index in [1.807, 2.05) is 18.5 Å². The molecule has 2 atom stereocenters. The number of nitrogens with one attached hydrogen (secondary N) is 2. The van der Waals surface area contributed by atoms with Crippen LogP contribution in [0.5, 0.6) is 0 Å². The summed E-state index contributed by atoms with van der Waals surface area (Å²) in [6.07, 6.45) is 5.76. The summed E-state index contributed by atoms with van der Waals surface area (Å²) in [5.74, 6) is 1.00. The van der Waals surface area contributed by atoms with Crippen molar-refractivity contribution < 1.29 is 0 Å². The van der Waals surface area contributed by atoms with Crippen LogP contribution in [0.3, 0.4) is 0 Å². The maximum Gasteiger partial charge on any atom is 0.123 e. The number of benzene rings is 1. The lowest BCUT2D eigenvalue weighted by atomic mass is 9.84. The fraction of sp³-hybridized carbons (Fsp3) is 0.471. The molecule has 2 aromatic rings. The van der Waals surface area contributed by atoms with Gasteiger partial charge >= 0.3 is 0 Å². The largest absolute Gasteiger partial charge is 0.347 e. The number of aromatic amines is 1. The predicted octanol–water partition coefficient (Wildman–Crippen LogP) is 4.43. The summed E-state index contributed by atoms with van der Waals surface area (Å²) in [5, 5.41) is 4.60. The molecule has 3 rings (SSSR count). The molecule has 0 aliphatic heterocycles. The Morgan fingerprint density at radius 1 is 1.48 bits per heavy atom. The van der Waals surface area contributed by atoms with E-state index in [0.717, 1.165) is 23.7 Å². The third kappa shape index (κ3) is 2.72. The topological polar surface area (TPSA) is 40.7 Å². The predicted molar refractivity (Wildman–Crippen MR) is 86.4 cm³/mol. The van der Waals surface area contributed by atoms with Crippen LogP contribution in [0.4, 0.5) is 0 Å². The minimum absolute atomic E-state index is 0.174. The van der Waals surface area contributed by atoms with E-state index in [1.165, 1.54) is 11.1 Å². The molecule has 0 fully saturated rings. The van der Waals surface area contributed by atoms with Crippen LogP contribution in [0.25, 0.3) is 0 Å². The first-order valence-corrected chi connectivity index (χ1v) is 7.92. The Labute approximate surface area is 131 Å². The quantitative estimate of drug-likeness (QED) is 0.877. The van der Waals surface area contributed by atoms with Gasteiger partial charge in [-0.3, -0.25) is 5.32 Å². The molecule has 2 unspecified atom stereocenters. The SMILES string of the molecule is CCC(NC1c2cc(Cl)ccc2CC1(C)C)c1ncc[nH]1. The van der Waals surface area contributed by atoms with Crippen molar-refractivity contribution >= 4 is 11.6 Å². The summed E-state index contributed by atoms with van der Waals surface area (Å²) in [7, 11) is 0. The monoisotopic (exact) mass is 303 g/mol. The van der Waals surface area contributed by atoms with Crippen molar-refractivity contribution in [3.63, 3.8) is 0 Å². The second-order valence-electron chi connectivity index (χ2n) is 6.54. The fourth-order valence-corrected chi connectivity index (χ4v) is 3.56. The summed E-state index contributed by atoms with van der Waals surface area (Å²) in [6, 6.07) is 6.78. The van der Waals surface area contributed by atoms with Gasteiger partial charge in [0.25, 0.3) is 0 Å². The van der Waals surface area contributed by atoms with Gasteiger partial charge in [-0.2, -0.15) is 0 Å². The van der Waals surface area contributed by atoms with E-state index >= 15 is 0 Å². The number of hydrogen-bond donors (Lipinski definition) is 2. The number of aromatic nitrogens is 2. The fourth-order valence-electron chi connectivity index (χ4n) is 3.38. The Balaban J connectivity index is 1.92. The first-order valence-electron chi connectivity index (χ1n) is 7.55. The van der Waals surface area contributed by atoms with Crippen molar-refractivity contribution in [2.75, 3.05) is 0 Å². The molecule has 2 N–H and O–H groups in total. The first kappa shape index (κ1) is 14.6. The molecule has 0 spiro atoms. The summed E-state index contributed by atoms with van der Waals surface area (Å²) in [5.41, 5.74) is 2.90. The first-order chi connectivity index (χ1) is 10.0.